The highest BCUT2D eigenvalue weighted by molar-refractivity contribution is 6.31. The first-order valence-electron chi connectivity index (χ1n) is 6.90. The van der Waals surface area contributed by atoms with Crippen molar-refractivity contribution in [2.75, 3.05) is 12.4 Å². The molecular formula is C17H14ClNO2. The molecule has 4 rings (SSSR count). The summed E-state index contributed by atoms with van der Waals surface area (Å²) in [6.07, 6.45) is 0.832. The predicted octanol–water partition coefficient (Wildman–Crippen LogP) is 3.73. The van der Waals surface area contributed by atoms with Gasteiger partial charge in [0.2, 0.25) is 5.91 Å². The molecule has 2 aromatic carbocycles. The predicted molar refractivity (Wildman–Crippen MR) is 82.1 cm³/mol. The Morgan fingerprint density at radius 2 is 2.00 bits per heavy atom. The fraction of sp³-hybridized carbons (Fsp3) is 0.235. The van der Waals surface area contributed by atoms with Crippen molar-refractivity contribution in [1.29, 1.82) is 0 Å². The lowest BCUT2D eigenvalue weighted by molar-refractivity contribution is -0.118. The molecule has 1 aliphatic heterocycles. The van der Waals surface area contributed by atoms with E-state index in [1.165, 1.54) is 5.56 Å². The molecule has 1 heterocycles. The molecule has 2 atom stereocenters. The number of amides is 1. The van der Waals surface area contributed by atoms with Crippen LogP contribution in [-0.2, 0) is 10.2 Å². The average Bonchev–Trinajstić information content (AvgIpc) is 3.19. The normalized spacial score (nSPS) is 25.6. The number of benzene rings is 2. The molecule has 0 bridgehead atoms. The maximum absolute atomic E-state index is 12.5. The summed E-state index contributed by atoms with van der Waals surface area (Å²) in [5, 5.41) is 3.65. The van der Waals surface area contributed by atoms with Crippen molar-refractivity contribution in [2.24, 2.45) is 0 Å². The van der Waals surface area contributed by atoms with E-state index in [2.05, 4.69) is 5.32 Å². The monoisotopic (exact) mass is 299 g/mol. The lowest BCUT2D eigenvalue weighted by Crippen LogP contribution is -2.20. The van der Waals surface area contributed by atoms with E-state index in [0.717, 1.165) is 23.4 Å². The van der Waals surface area contributed by atoms with E-state index >= 15 is 0 Å². The summed E-state index contributed by atoms with van der Waals surface area (Å²) < 4.78 is 5.18. The van der Waals surface area contributed by atoms with Gasteiger partial charge in [0, 0.05) is 16.6 Å². The minimum Gasteiger partial charge on any atom is -0.497 e. The van der Waals surface area contributed by atoms with Crippen molar-refractivity contribution in [3.05, 3.63) is 58.6 Å². The second-order valence-electron chi connectivity index (χ2n) is 5.65. The highest BCUT2D eigenvalue weighted by atomic mass is 35.5. The van der Waals surface area contributed by atoms with Crippen LogP contribution in [0.1, 0.15) is 23.5 Å². The number of methoxy groups -OCH3 is 1. The number of hydrogen-bond donors (Lipinski definition) is 1. The van der Waals surface area contributed by atoms with Gasteiger partial charge in [-0.25, -0.2) is 0 Å². The van der Waals surface area contributed by atoms with Crippen molar-refractivity contribution >= 4 is 23.2 Å². The van der Waals surface area contributed by atoms with Gasteiger partial charge < -0.3 is 10.1 Å². The van der Waals surface area contributed by atoms with Crippen molar-refractivity contribution in [3.63, 3.8) is 0 Å². The molecule has 1 fully saturated rings. The average molecular weight is 300 g/mol. The van der Waals surface area contributed by atoms with Crippen LogP contribution < -0.4 is 10.1 Å². The minimum absolute atomic E-state index is 0.0839. The molecule has 1 aliphatic carbocycles. The molecule has 0 unspecified atom stereocenters. The maximum Gasteiger partial charge on any atom is 0.235 e. The minimum atomic E-state index is -0.436. The number of carbonyl (C=O) groups excluding carboxylic acids is 1. The summed E-state index contributed by atoms with van der Waals surface area (Å²) in [4.78, 5) is 12.5. The molecule has 4 heteroatoms. The third kappa shape index (κ3) is 1.70. The zero-order valence-corrected chi connectivity index (χ0v) is 12.3. The largest absolute Gasteiger partial charge is 0.497 e. The van der Waals surface area contributed by atoms with Gasteiger partial charge in [0.1, 0.15) is 5.75 Å². The molecule has 1 N–H and O–H groups in total. The highest BCUT2D eigenvalue weighted by Crippen LogP contribution is 2.65. The van der Waals surface area contributed by atoms with Gasteiger partial charge in [0.05, 0.1) is 12.5 Å². The number of nitrogens with one attached hydrogen (secondary N) is 1. The first-order chi connectivity index (χ1) is 10.1. The van der Waals surface area contributed by atoms with Crippen LogP contribution in [0.25, 0.3) is 0 Å². The molecule has 3 nitrogen and oxygen atoms in total. The Kier molecular flexibility index (Phi) is 2.57. The van der Waals surface area contributed by atoms with Crippen LogP contribution in [0.3, 0.4) is 0 Å². The zero-order valence-electron chi connectivity index (χ0n) is 11.5. The molecule has 2 aromatic rings. The first kappa shape index (κ1) is 12.7. The fourth-order valence-corrected chi connectivity index (χ4v) is 3.57. The lowest BCUT2D eigenvalue weighted by Gasteiger charge is -2.09. The van der Waals surface area contributed by atoms with Crippen molar-refractivity contribution in [3.8, 4) is 5.75 Å². The van der Waals surface area contributed by atoms with Gasteiger partial charge >= 0.3 is 0 Å². The van der Waals surface area contributed by atoms with Gasteiger partial charge in [-0.05, 0) is 47.9 Å². The van der Waals surface area contributed by atoms with Crippen LogP contribution >= 0.6 is 11.6 Å². The van der Waals surface area contributed by atoms with Gasteiger partial charge in [0.25, 0.3) is 0 Å². The molecule has 0 radical (unpaired) electrons. The summed E-state index contributed by atoms with van der Waals surface area (Å²) in [5.41, 5.74) is 2.65. The molecule has 0 aromatic heterocycles. The van der Waals surface area contributed by atoms with Gasteiger partial charge in [-0.2, -0.15) is 0 Å². The summed E-state index contributed by atoms with van der Waals surface area (Å²) in [6, 6.07) is 13.6. The van der Waals surface area contributed by atoms with Gasteiger partial charge in [-0.1, -0.05) is 23.7 Å². The number of ether oxygens (including phenoxy) is 1. The van der Waals surface area contributed by atoms with E-state index < -0.39 is 5.41 Å². The summed E-state index contributed by atoms with van der Waals surface area (Å²) in [6.45, 7) is 0. The highest BCUT2D eigenvalue weighted by Gasteiger charge is 2.65. The van der Waals surface area contributed by atoms with Crippen molar-refractivity contribution < 1.29 is 9.53 Å². The Hall–Kier alpha value is -2.00. The molecule has 1 amide bonds. The van der Waals surface area contributed by atoms with E-state index in [1.807, 2.05) is 42.5 Å². The second-order valence-corrected chi connectivity index (χ2v) is 6.08. The number of rotatable bonds is 2. The second kappa shape index (κ2) is 4.25. The third-order valence-corrected chi connectivity index (χ3v) is 4.83. The topological polar surface area (TPSA) is 38.3 Å². The number of carbonyl (C=O) groups is 1. The fourth-order valence-electron chi connectivity index (χ4n) is 3.40. The summed E-state index contributed by atoms with van der Waals surface area (Å²) in [7, 11) is 1.65. The molecule has 1 saturated carbocycles. The molecular weight excluding hydrogens is 286 g/mol. The van der Waals surface area contributed by atoms with Crippen LogP contribution in [0.4, 0.5) is 5.69 Å². The van der Waals surface area contributed by atoms with Crippen LogP contribution in [-0.4, -0.2) is 13.0 Å². The Bertz CT molecular complexity index is 741. The standard InChI is InChI=1S/C17H14ClNO2/c1-21-12-5-2-10(3-6-12)14-9-17(14)13-8-11(18)4-7-15(13)19-16(17)20/h2-8,14H,9H2,1H3,(H,19,20)/t14-,17-/m1/s1. The van der Waals surface area contributed by atoms with Crippen molar-refractivity contribution in [1.82, 2.24) is 0 Å². The van der Waals surface area contributed by atoms with E-state index in [1.54, 1.807) is 7.11 Å². The molecule has 1 spiro atoms. The van der Waals surface area contributed by atoms with E-state index in [-0.39, 0.29) is 11.8 Å². The van der Waals surface area contributed by atoms with Crippen molar-refractivity contribution in [2.45, 2.75) is 17.8 Å². The molecule has 21 heavy (non-hydrogen) atoms. The smallest absolute Gasteiger partial charge is 0.235 e. The maximum atomic E-state index is 12.5. The zero-order chi connectivity index (χ0) is 14.6. The SMILES string of the molecule is COc1ccc([C@H]2C[C@]23C(=O)Nc2ccc(Cl)cc23)cc1. The molecule has 2 aliphatic rings. The van der Waals surface area contributed by atoms with E-state index in [0.29, 0.717) is 5.02 Å². The number of fused-ring (bicyclic) bond motifs is 2. The Labute approximate surface area is 127 Å². The third-order valence-electron chi connectivity index (χ3n) is 4.59. The van der Waals surface area contributed by atoms with Gasteiger partial charge in [-0.15, -0.1) is 0 Å². The molecule has 106 valence electrons. The van der Waals surface area contributed by atoms with E-state index in [4.69, 9.17) is 16.3 Å². The van der Waals surface area contributed by atoms with Crippen LogP contribution in [0.15, 0.2) is 42.5 Å². The van der Waals surface area contributed by atoms with Crippen LogP contribution in [0.5, 0.6) is 5.75 Å². The van der Waals surface area contributed by atoms with Crippen LogP contribution in [0.2, 0.25) is 5.02 Å². The summed E-state index contributed by atoms with van der Waals surface area (Å²) >= 11 is 6.10. The van der Waals surface area contributed by atoms with Crippen LogP contribution in [0, 0.1) is 0 Å². The first-order valence-corrected chi connectivity index (χ1v) is 7.28. The van der Waals surface area contributed by atoms with Gasteiger partial charge in [-0.3, -0.25) is 4.79 Å². The molecule has 0 saturated heterocycles. The number of hydrogen-bond acceptors (Lipinski definition) is 2. The number of halogens is 1. The van der Waals surface area contributed by atoms with E-state index in [9.17, 15) is 4.79 Å². The summed E-state index contributed by atoms with van der Waals surface area (Å²) in [5.74, 6) is 1.12. The lowest BCUT2D eigenvalue weighted by atomic mass is 9.92. The van der Waals surface area contributed by atoms with Gasteiger partial charge in [0.15, 0.2) is 0 Å². The Morgan fingerprint density at radius 1 is 1.24 bits per heavy atom. The quantitative estimate of drug-likeness (QED) is 0.917. The number of anilines is 1. The Morgan fingerprint density at radius 3 is 2.71 bits per heavy atom. The Balaban J connectivity index is 1.74.